The van der Waals surface area contributed by atoms with Gasteiger partial charge in [0.2, 0.25) is 11.7 Å². The van der Waals surface area contributed by atoms with Gasteiger partial charge < -0.3 is 23.8 Å². The number of amides is 2. The van der Waals surface area contributed by atoms with E-state index in [1.54, 1.807) is 0 Å². The summed E-state index contributed by atoms with van der Waals surface area (Å²) >= 11 is 0. The molecule has 0 N–H and O–H groups in total. The van der Waals surface area contributed by atoms with Crippen LogP contribution in [-0.4, -0.2) is 90.0 Å². The summed E-state index contributed by atoms with van der Waals surface area (Å²) < 4.78 is 16.2. The van der Waals surface area contributed by atoms with E-state index >= 15 is 0 Å². The van der Waals surface area contributed by atoms with Crippen molar-refractivity contribution in [2.45, 2.75) is 13.5 Å². The van der Waals surface area contributed by atoms with E-state index in [-0.39, 0.29) is 6.03 Å². The molecule has 2 aliphatic rings. The van der Waals surface area contributed by atoms with Gasteiger partial charge in [-0.1, -0.05) is 5.16 Å². The number of rotatable bonds is 5. The lowest BCUT2D eigenvalue weighted by Gasteiger charge is -2.38. The van der Waals surface area contributed by atoms with Gasteiger partial charge in [0.1, 0.15) is 5.75 Å². The maximum absolute atomic E-state index is 12.6. The van der Waals surface area contributed by atoms with Crippen LogP contribution < -0.4 is 4.74 Å². The van der Waals surface area contributed by atoms with Gasteiger partial charge in [-0.3, -0.25) is 4.90 Å². The number of hydrogen-bond donors (Lipinski definition) is 0. The van der Waals surface area contributed by atoms with E-state index in [1.165, 1.54) is 0 Å². The van der Waals surface area contributed by atoms with Crippen LogP contribution in [0.2, 0.25) is 0 Å². The van der Waals surface area contributed by atoms with E-state index in [1.807, 2.05) is 41.0 Å². The zero-order valence-electron chi connectivity index (χ0n) is 16.7. The van der Waals surface area contributed by atoms with Crippen LogP contribution in [0, 0.1) is 0 Å². The predicted molar refractivity (Wildman–Crippen MR) is 106 cm³/mol. The highest BCUT2D eigenvalue weighted by molar-refractivity contribution is 5.74. The normalized spacial score (nSPS) is 18.1. The summed E-state index contributed by atoms with van der Waals surface area (Å²) in [6, 6.07) is 7.77. The lowest BCUT2D eigenvalue weighted by atomic mass is 10.2. The Morgan fingerprint density at radius 2 is 1.72 bits per heavy atom. The van der Waals surface area contributed by atoms with Crippen LogP contribution in [-0.2, 0) is 11.3 Å². The molecule has 2 aromatic rings. The van der Waals surface area contributed by atoms with E-state index in [2.05, 4.69) is 15.0 Å². The number of hydrogen-bond acceptors (Lipinski definition) is 7. The fraction of sp³-hybridized carbons (Fsp3) is 0.550. The second kappa shape index (κ2) is 9.23. The first-order chi connectivity index (χ1) is 14.2. The molecule has 29 heavy (non-hydrogen) atoms. The first kappa shape index (κ1) is 19.7. The predicted octanol–water partition coefficient (Wildman–Crippen LogP) is 1.71. The molecule has 9 nitrogen and oxygen atoms in total. The third kappa shape index (κ3) is 4.86. The summed E-state index contributed by atoms with van der Waals surface area (Å²) in [5.41, 5.74) is 0.893. The van der Waals surface area contributed by atoms with Crippen molar-refractivity contribution in [3.8, 4) is 17.1 Å². The first-order valence-electron chi connectivity index (χ1n) is 10.1. The quantitative estimate of drug-likeness (QED) is 0.754. The lowest BCUT2D eigenvalue weighted by Crippen LogP contribution is -2.54. The van der Waals surface area contributed by atoms with Crippen LogP contribution in [0.5, 0.6) is 5.75 Å². The maximum Gasteiger partial charge on any atom is 0.320 e. The van der Waals surface area contributed by atoms with Crippen molar-refractivity contribution in [3.05, 3.63) is 30.2 Å². The van der Waals surface area contributed by atoms with Crippen molar-refractivity contribution in [1.82, 2.24) is 24.8 Å². The molecule has 0 bridgehead atoms. The van der Waals surface area contributed by atoms with E-state index < -0.39 is 0 Å². The molecule has 2 amide bonds. The molecule has 0 atom stereocenters. The third-order valence-corrected chi connectivity index (χ3v) is 5.17. The Morgan fingerprint density at radius 3 is 2.41 bits per heavy atom. The highest BCUT2D eigenvalue weighted by Gasteiger charge is 2.27. The van der Waals surface area contributed by atoms with Crippen molar-refractivity contribution in [2.24, 2.45) is 0 Å². The fourth-order valence-electron chi connectivity index (χ4n) is 3.55. The molecule has 4 rings (SSSR count). The molecule has 9 heteroatoms. The second-order valence-corrected chi connectivity index (χ2v) is 7.11. The Kier molecular flexibility index (Phi) is 6.26. The summed E-state index contributed by atoms with van der Waals surface area (Å²) in [6.07, 6.45) is 0. The number of carbonyl (C=O) groups excluding carboxylic acids is 1. The number of nitrogens with zero attached hydrogens (tertiary/aromatic N) is 5. The average molecular weight is 401 g/mol. The highest BCUT2D eigenvalue weighted by Crippen LogP contribution is 2.20. The maximum atomic E-state index is 12.6. The number of morpholine rings is 1. The molecular weight excluding hydrogens is 374 g/mol. The van der Waals surface area contributed by atoms with Crippen LogP contribution in [0.1, 0.15) is 12.8 Å². The lowest BCUT2D eigenvalue weighted by molar-refractivity contribution is 0.0367. The highest BCUT2D eigenvalue weighted by atomic mass is 16.5. The SMILES string of the molecule is CCOc1ccc(-c2noc(CN3CCN(C(=O)N4CCOCC4)CC3)n2)cc1. The van der Waals surface area contributed by atoms with Gasteiger partial charge in [0, 0.05) is 44.8 Å². The van der Waals surface area contributed by atoms with Crippen LogP contribution >= 0.6 is 0 Å². The summed E-state index contributed by atoms with van der Waals surface area (Å²) in [4.78, 5) is 23.1. The molecule has 0 saturated carbocycles. The van der Waals surface area contributed by atoms with Crippen molar-refractivity contribution in [1.29, 1.82) is 0 Å². The van der Waals surface area contributed by atoms with Crippen LogP contribution in [0.25, 0.3) is 11.4 Å². The van der Waals surface area contributed by atoms with Gasteiger partial charge in [0.05, 0.1) is 26.4 Å². The summed E-state index contributed by atoms with van der Waals surface area (Å²) in [6.45, 7) is 8.77. The molecule has 0 aliphatic carbocycles. The topological polar surface area (TPSA) is 84.2 Å². The number of piperazine rings is 1. The second-order valence-electron chi connectivity index (χ2n) is 7.11. The van der Waals surface area contributed by atoms with Crippen molar-refractivity contribution in [3.63, 3.8) is 0 Å². The molecule has 2 aliphatic heterocycles. The van der Waals surface area contributed by atoms with Gasteiger partial charge in [-0.2, -0.15) is 4.98 Å². The first-order valence-corrected chi connectivity index (χ1v) is 10.1. The number of aromatic nitrogens is 2. The Hall–Kier alpha value is -2.65. The fourth-order valence-corrected chi connectivity index (χ4v) is 3.55. The van der Waals surface area contributed by atoms with Gasteiger partial charge in [-0.15, -0.1) is 0 Å². The van der Waals surface area contributed by atoms with Crippen LogP contribution in [0.3, 0.4) is 0 Å². The van der Waals surface area contributed by atoms with Gasteiger partial charge in [-0.25, -0.2) is 4.79 Å². The Morgan fingerprint density at radius 1 is 1.03 bits per heavy atom. The van der Waals surface area contributed by atoms with Gasteiger partial charge in [0.25, 0.3) is 0 Å². The minimum Gasteiger partial charge on any atom is -0.494 e. The van der Waals surface area contributed by atoms with E-state index in [9.17, 15) is 4.79 Å². The molecule has 156 valence electrons. The van der Waals surface area contributed by atoms with Crippen molar-refractivity contribution in [2.75, 3.05) is 59.1 Å². The monoisotopic (exact) mass is 401 g/mol. The molecule has 1 aromatic heterocycles. The molecular formula is C20H27N5O4. The van der Waals surface area contributed by atoms with E-state index in [0.717, 1.165) is 24.4 Å². The molecule has 2 fully saturated rings. The minimum absolute atomic E-state index is 0.114. The molecule has 0 spiro atoms. The smallest absolute Gasteiger partial charge is 0.320 e. The third-order valence-electron chi connectivity index (χ3n) is 5.17. The number of benzene rings is 1. The summed E-state index contributed by atoms with van der Waals surface area (Å²) in [5, 5.41) is 4.10. The van der Waals surface area contributed by atoms with Gasteiger partial charge >= 0.3 is 6.03 Å². The molecule has 3 heterocycles. The average Bonchev–Trinajstić information content (AvgIpc) is 3.24. The molecule has 2 saturated heterocycles. The summed E-state index contributed by atoms with van der Waals surface area (Å²) in [5.74, 6) is 1.98. The Bertz CT molecular complexity index is 795. The molecule has 0 radical (unpaired) electrons. The largest absolute Gasteiger partial charge is 0.494 e. The Balaban J connectivity index is 1.28. The molecule has 0 unspecified atom stereocenters. The van der Waals surface area contributed by atoms with Crippen LogP contribution in [0.15, 0.2) is 28.8 Å². The van der Waals surface area contributed by atoms with Crippen molar-refractivity contribution >= 4 is 6.03 Å². The van der Waals surface area contributed by atoms with Gasteiger partial charge in [0.15, 0.2) is 0 Å². The van der Waals surface area contributed by atoms with E-state index in [4.69, 9.17) is 14.0 Å². The zero-order chi connectivity index (χ0) is 20.1. The van der Waals surface area contributed by atoms with Crippen LogP contribution in [0.4, 0.5) is 4.79 Å². The number of urea groups is 1. The number of ether oxygens (including phenoxy) is 2. The minimum atomic E-state index is 0.114. The number of carbonyl (C=O) groups is 1. The van der Waals surface area contributed by atoms with E-state index in [0.29, 0.717) is 64.3 Å². The molecule has 1 aromatic carbocycles. The standard InChI is InChI=1S/C20H27N5O4/c1-2-28-17-5-3-16(4-6-17)19-21-18(29-22-19)15-23-7-9-24(10-8-23)20(26)25-11-13-27-14-12-25/h3-6H,2,7-15H2,1H3. The van der Waals surface area contributed by atoms with Crippen molar-refractivity contribution < 1.29 is 18.8 Å². The van der Waals surface area contributed by atoms with Gasteiger partial charge in [-0.05, 0) is 31.2 Å². The Labute approximate surface area is 170 Å². The summed E-state index contributed by atoms with van der Waals surface area (Å²) in [7, 11) is 0. The zero-order valence-corrected chi connectivity index (χ0v) is 16.7.